The number of fused-ring (bicyclic) bond motifs is 2. The third-order valence-electron chi connectivity index (χ3n) is 4.28. The van der Waals surface area contributed by atoms with Gasteiger partial charge in [0.1, 0.15) is 0 Å². The van der Waals surface area contributed by atoms with E-state index in [-0.39, 0.29) is 5.91 Å². The fraction of sp³-hybridized carbons (Fsp3) is 0.600. The van der Waals surface area contributed by atoms with E-state index in [1.807, 2.05) is 19.1 Å². The van der Waals surface area contributed by atoms with Crippen molar-refractivity contribution in [1.82, 2.24) is 15.6 Å². The summed E-state index contributed by atoms with van der Waals surface area (Å²) >= 11 is 0. The number of hydrogen-bond donors (Lipinski definition) is 2. The summed E-state index contributed by atoms with van der Waals surface area (Å²) in [5, 5.41) is 6.77. The maximum Gasteiger partial charge on any atom is 0.226 e. The minimum absolute atomic E-state index is 0.105. The van der Waals surface area contributed by atoms with Crippen molar-refractivity contribution in [1.29, 1.82) is 0 Å². The lowest BCUT2D eigenvalue weighted by Gasteiger charge is -2.29. The van der Waals surface area contributed by atoms with Crippen molar-refractivity contribution in [2.24, 2.45) is 0 Å². The molecule has 2 bridgehead atoms. The first kappa shape index (κ1) is 12.6. The predicted octanol–water partition coefficient (Wildman–Crippen LogP) is 1.33. The highest BCUT2D eigenvalue weighted by Gasteiger charge is 2.33. The number of hydrogen-bond acceptors (Lipinski definition) is 3. The molecule has 0 saturated carbocycles. The Morgan fingerprint density at radius 3 is 2.84 bits per heavy atom. The molecule has 3 rings (SSSR count). The quantitative estimate of drug-likeness (QED) is 0.861. The first-order valence-corrected chi connectivity index (χ1v) is 7.16. The Morgan fingerprint density at radius 1 is 1.42 bits per heavy atom. The monoisotopic (exact) mass is 259 g/mol. The Labute approximate surface area is 114 Å². The van der Waals surface area contributed by atoms with Crippen LogP contribution in [-0.4, -0.2) is 29.0 Å². The third kappa shape index (κ3) is 2.95. The molecule has 2 aliphatic heterocycles. The smallest absolute Gasteiger partial charge is 0.226 e. The maximum atomic E-state index is 12.1. The zero-order valence-electron chi connectivity index (χ0n) is 11.4. The summed E-state index contributed by atoms with van der Waals surface area (Å²) in [4.78, 5) is 16.4. The van der Waals surface area contributed by atoms with Gasteiger partial charge in [-0.1, -0.05) is 6.07 Å². The normalized spacial score (nSPS) is 29.2. The summed E-state index contributed by atoms with van der Waals surface area (Å²) in [6.07, 6.45) is 6.81. The highest BCUT2D eigenvalue weighted by molar-refractivity contribution is 5.78. The molecule has 1 aromatic heterocycles. The van der Waals surface area contributed by atoms with Gasteiger partial charge in [-0.3, -0.25) is 9.78 Å². The highest BCUT2D eigenvalue weighted by atomic mass is 16.1. The SMILES string of the molecule is Cc1cccnc1CC(=O)NC1CC2CCC(C1)N2. The average molecular weight is 259 g/mol. The summed E-state index contributed by atoms with van der Waals surface area (Å²) in [6.45, 7) is 2.00. The van der Waals surface area contributed by atoms with Crippen molar-refractivity contribution in [2.45, 2.75) is 57.2 Å². The number of aryl methyl sites for hydroxylation is 1. The second-order valence-corrected chi connectivity index (χ2v) is 5.82. The van der Waals surface area contributed by atoms with Gasteiger partial charge in [0.05, 0.1) is 12.1 Å². The van der Waals surface area contributed by atoms with Gasteiger partial charge in [0.15, 0.2) is 0 Å². The Kier molecular flexibility index (Phi) is 3.51. The molecule has 2 saturated heterocycles. The largest absolute Gasteiger partial charge is 0.353 e. The molecule has 2 aliphatic rings. The molecule has 4 heteroatoms. The zero-order chi connectivity index (χ0) is 13.2. The van der Waals surface area contributed by atoms with E-state index in [4.69, 9.17) is 0 Å². The first-order chi connectivity index (χ1) is 9.20. The minimum Gasteiger partial charge on any atom is -0.353 e. The van der Waals surface area contributed by atoms with E-state index >= 15 is 0 Å². The fourth-order valence-electron chi connectivity index (χ4n) is 3.31. The topological polar surface area (TPSA) is 54.0 Å². The van der Waals surface area contributed by atoms with Crippen LogP contribution in [0.5, 0.6) is 0 Å². The highest BCUT2D eigenvalue weighted by Crippen LogP contribution is 2.26. The molecule has 2 unspecified atom stereocenters. The number of carbonyl (C=O) groups excluding carboxylic acids is 1. The molecular formula is C15H21N3O. The van der Waals surface area contributed by atoms with Crippen LogP contribution in [-0.2, 0) is 11.2 Å². The minimum atomic E-state index is 0.105. The summed E-state index contributed by atoms with van der Waals surface area (Å²) < 4.78 is 0. The van der Waals surface area contributed by atoms with Crippen LogP contribution in [0.25, 0.3) is 0 Å². The van der Waals surface area contributed by atoms with E-state index in [2.05, 4.69) is 15.6 Å². The molecule has 2 atom stereocenters. The van der Waals surface area contributed by atoms with E-state index in [9.17, 15) is 4.79 Å². The molecule has 102 valence electrons. The van der Waals surface area contributed by atoms with Crippen molar-refractivity contribution in [2.75, 3.05) is 0 Å². The van der Waals surface area contributed by atoms with Crippen LogP contribution in [0.3, 0.4) is 0 Å². The predicted molar refractivity (Wildman–Crippen MR) is 73.8 cm³/mol. The molecule has 0 aliphatic carbocycles. The lowest BCUT2D eigenvalue weighted by molar-refractivity contribution is -0.121. The van der Waals surface area contributed by atoms with Gasteiger partial charge in [0.25, 0.3) is 0 Å². The lowest BCUT2D eigenvalue weighted by atomic mass is 9.99. The maximum absolute atomic E-state index is 12.1. The first-order valence-electron chi connectivity index (χ1n) is 7.16. The standard InChI is InChI=1S/C15H21N3O/c1-10-3-2-6-16-14(10)9-15(19)18-13-7-11-4-5-12(8-13)17-11/h2-3,6,11-13,17H,4-5,7-9H2,1H3,(H,18,19). The molecule has 19 heavy (non-hydrogen) atoms. The molecule has 0 radical (unpaired) electrons. The van der Waals surface area contributed by atoms with Crippen LogP contribution in [0.1, 0.15) is 36.9 Å². The Morgan fingerprint density at radius 2 is 2.16 bits per heavy atom. The molecule has 2 N–H and O–H groups in total. The van der Waals surface area contributed by atoms with Crippen LogP contribution < -0.4 is 10.6 Å². The van der Waals surface area contributed by atoms with Gasteiger partial charge >= 0.3 is 0 Å². The molecular weight excluding hydrogens is 238 g/mol. The molecule has 2 fully saturated rings. The Bertz CT molecular complexity index is 462. The summed E-state index contributed by atoms with van der Waals surface area (Å²) in [5.41, 5.74) is 1.97. The van der Waals surface area contributed by atoms with Gasteiger partial charge in [-0.25, -0.2) is 0 Å². The van der Waals surface area contributed by atoms with Crippen LogP contribution in [0.15, 0.2) is 18.3 Å². The number of aromatic nitrogens is 1. The van der Waals surface area contributed by atoms with Gasteiger partial charge in [0.2, 0.25) is 5.91 Å². The van der Waals surface area contributed by atoms with E-state index < -0.39 is 0 Å². The van der Waals surface area contributed by atoms with Crippen LogP contribution in [0, 0.1) is 6.92 Å². The van der Waals surface area contributed by atoms with E-state index in [0.29, 0.717) is 24.5 Å². The molecule has 4 nitrogen and oxygen atoms in total. The van der Waals surface area contributed by atoms with Gasteiger partial charge in [-0.15, -0.1) is 0 Å². The summed E-state index contributed by atoms with van der Waals surface area (Å²) in [6, 6.07) is 5.47. The fourth-order valence-corrected chi connectivity index (χ4v) is 3.31. The van der Waals surface area contributed by atoms with Crippen molar-refractivity contribution >= 4 is 5.91 Å². The van der Waals surface area contributed by atoms with Crippen LogP contribution >= 0.6 is 0 Å². The molecule has 1 aromatic rings. The van der Waals surface area contributed by atoms with Crippen molar-refractivity contribution in [3.63, 3.8) is 0 Å². The van der Waals surface area contributed by atoms with Gasteiger partial charge in [-0.05, 0) is 44.2 Å². The average Bonchev–Trinajstić information content (AvgIpc) is 2.72. The van der Waals surface area contributed by atoms with E-state index in [1.54, 1.807) is 6.20 Å². The number of pyridine rings is 1. The third-order valence-corrected chi connectivity index (χ3v) is 4.28. The van der Waals surface area contributed by atoms with Gasteiger partial charge in [0, 0.05) is 24.3 Å². The second-order valence-electron chi connectivity index (χ2n) is 5.82. The molecule has 3 heterocycles. The van der Waals surface area contributed by atoms with Crippen LogP contribution in [0.2, 0.25) is 0 Å². The van der Waals surface area contributed by atoms with Gasteiger partial charge in [-0.2, -0.15) is 0 Å². The number of nitrogens with one attached hydrogen (secondary N) is 2. The summed E-state index contributed by atoms with van der Waals surface area (Å²) in [5.74, 6) is 0.105. The van der Waals surface area contributed by atoms with E-state index in [0.717, 1.165) is 24.1 Å². The van der Waals surface area contributed by atoms with Crippen LogP contribution in [0.4, 0.5) is 0 Å². The Hall–Kier alpha value is -1.42. The van der Waals surface area contributed by atoms with E-state index in [1.165, 1.54) is 12.8 Å². The number of piperidine rings is 1. The zero-order valence-corrected chi connectivity index (χ0v) is 11.4. The number of rotatable bonds is 3. The van der Waals surface area contributed by atoms with Crippen molar-refractivity contribution < 1.29 is 4.79 Å². The number of amides is 1. The van der Waals surface area contributed by atoms with Gasteiger partial charge < -0.3 is 10.6 Å². The second kappa shape index (κ2) is 5.29. The van der Waals surface area contributed by atoms with Crippen molar-refractivity contribution in [3.05, 3.63) is 29.6 Å². The number of carbonyl (C=O) groups is 1. The number of nitrogens with zero attached hydrogens (tertiary/aromatic N) is 1. The molecule has 0 spiro atoms. The molecule has 0 aromatic carbocycles. The van der Waals surface area contributed by atoms with Crippen molar-refractivity contribution in [3.8, 4) is 0 Å². The summed E-state index contributed by atoms with van der Waals surface area (Å²) in [7, 11) is 0. The Balaban J connectivity index is 1.56. The lowest BCUT2D eigenvalue weighted by Crippen LogP contribution is -2.48. The molecule has 1 amide bonds.